The first-order valence-electron chi connectivity index (χ1n) is 3.36. The average Bonchev–Trinajstić information content (AvgIpc) is 2.34. The van der Waals surface area contributed by atoms with Crippen LogP contribution >= 0.6 is 0 Å². The second kappa shape index (κ2) is 4.65. The Balaban J connectivity index is 0.000000605. The Morgan fingerprint density at radius 2 is 1.75 bits per heavy atom. The standard InChI is InChI=1S/C9H7.2FH.Hf/c1-2-5-9-7-3-6-8(9)4-1;;;/h1-7H;2*1H;. The van der Waals surface area contributed by atoms with Gasteiger partial charge in [0.1, 0.15) is 0 Å². The number of fused-ring (bicyclic) bond motifs is 1. The molecule has 0 nitrogen and oxygen atoms in total. The zero-order valence-corrected chi connectivity index (χ0v) is 9.95. The van der Waals surface area contributed by atoms with Gasteiger partial charge in [0, 0.05) is 0 Å². The van der Waals surface area contributed by atoms with Crippen molar-refractivity contribution in [3.63, 3.8) is 0 Å². The van der Waals surface area contributed by atoms with Crippen LogP contribution in [0.15, 0.2) is 30.3 Å². The minimum atomic E-state index is 0. The zero-order chi connectivity index (χ0) is 6.97. The van der Waals surface area contributed by atoms with Crippen molar-refractivity contribution in [1.82, 2.24) is 0 Å². The summed E-state index contributed by atoms with van der Waals surface area (Å²) in [6, 6.07) is 8.64. The van der Waals surface area contributed by atoms with Crippen LogP contribution in [0.25, 0.3) is 6.08 Å². The van der Waals surface area contributed by atoms with E-state index in [2.05, 4.69) is 36.4 Å². The van der Waals surface area contributed by atoms with Crippen LogP contribution in [0.3, 0.4) is 0 Å². The van der Waals surface area contributed by atoms with E-state index in [0.717, 1.165) is 3.67 Å². The molecule has 0 bridgehead atoms. The van der Waals surface area contributed by atoms with Gasteiger partial charge in [-0.3, -0.25) is 9.41 Å². The molecule has 0 unspecified atom stereocenters. The molecule has 2 rings (SSSR count). The summed E-state index contributed by atoms with van der Waals surface area (Å²) >= 11 is 1.24. The molecule has 1 aliphatic carbocycles. The number of halogens is 2. The SMILES string of the molecule is F.F.[Hf][C@H]1C=Cc2ccccc21. The number of hydrogen-bond donors (Lipinski definition) is 0. The number of hydrogen-bond acceptors (Lipinski definition) is 0. The molecule has 0 fully saturated rings. The summed E-state index contributed by atoms with van der Waals surface area (Å²) in [5.41, 5.74) is 2.94. The monoisotopic (exact) mass is 335 g/mol. The van der Waals surface area contributed by atoms with E-state index >= 15 is 0 Å². The minimum absolute atomic E-state index is 0. The van der Waals surface area contributed by atoms with Gasteiger partial charge in [0.15, 0.2) is 0 Å². The maximum absolute atomic E-state index is 2.30. The molecule has 0 aliphatic heterocycles. The van der Waals surface area contributed by atoms with Gasteiger partial charge < -0.3 is 0 Å². The fourth-order valence-corrected chi connectivity index (χ4v) is 2.54. The van der Waals surface area contributed by atoms with E-state index in [4.69, 9.17) is 0 Å². The second-order valence-electron chi connectivity index (χ2n) is 2.47. The fourth-order valence-electron chi connectivity index (χ4n) is 1.25. The van der Waals surface area contributed by atoms with E-state index in [1.165, 1.54) is 35.5 Å². The molecular formula is C9H9F2Hf. The van der Waals surface area contributed by atoms with Gasteiger partial charge >= 0.3 is 75.6 Å². The van der Waals surface area contributed by atoms with Crippen LogP contribution in [0, 0.1) is 0 Å². The Labute approximate surface area is 85.0 Å². The van der Waals surface area contributed by atoms with Gasteiger partial charge in [0.2, 0.25) is 0 Å². The third-order valence-electron chi connectivity index (χ3n) is 1.80. The van der Waals surface area contributed by atoms with Crippen molar-refractivity contribution in [2.45, 2.75) is 3.67 Å². The molecular weight excluding hydrogens is 325 g/mol. The van der Waals surface area contributed by atoms with E-state index in [1.807, 2.05) is 0 Å². The Kier molecular flexibility index (Phi) is 4.53. The first-order chi connectivity index (χ1) is 4.88. The van der Waals surface area contributed by atoms with Crippen LogP contribution < -0.4 is 0 Å². The van der Waals surface area contributed by atoms with E-state index in [-0.39, 0.29) is 9.41 Å². The molecule has 0 aromatic heterocycles. The number of rotatable bonds is 0. The summed E-state index contributed by atoms with van der Waals surface area (Å²) in [6.07, 6.45) is 4.53. The van der Waals surface area contributed by atoms with Crippen molar-refractivity contribution in [1.29, 1.82) is 0 Å². The normalized spacial score (nSPS) is 17.4. The summed E-state index contributed by atoms with van der Waals surface area (Å²) in [7, 11) is 0. The van der Waals surface area contributed by atoms with Crippen molar-refractivity contribution in [3.05, 3.63) is 41.5 Å². The topological polar surface area (TPSA) is 0 Å². The van der Waals surface area contributed by atoms with Crippen LogP contribution in [0.2, 0.25) is 0 Å². The first kappa shape index (κ1) is 11.7. The third-order valence-corrected chi connectivity index (χ3v) is 3.61. The molecule has 1 atom stereocenters. The van der Waals surface area contributed by atoms with Gasteiger partial charge in [-0.2, -0.15) is 0 Å². The fraction of sp³-hybridized carbons (Fsp3) is 0.111. The molecule has 1 aromatic rings. The van der Waals surface area contributed by atoms with Gasteiger partial charge in [0.05, 0.1) is 0 Å². The molecule has 3 heteroatoms. The summed E-state index contributed by atoms with van der Waals surface area (Å²) in [6.45, 7) is 0. The van der Waals surface area contributed by atoms with E-state index in [9.17, 15) is 0 Å². The molecule has 0 N–H and O–H groups in total. The average molecular weight is 334 g/mol. The van der Waals surface area contributed by atoms with Crippen LogP contribution in [-0.2, 0) is 24.4 Å². The maximum atomic E-state index is 2.30. The Bertz CT molecular complexity index is 284. The van der Waals surface area contributed by atoms with E-state index < -0.39 is 0 Å². The molecule has 0 amide bonds. The van der Waals surface area contributed by atoms with Gasteiger partial charge in [-0.05, 0) is 0 Å². The Hall–Kier alpha value is -0.310. The molecule has 0 heterocycles. The summed E-state index contributed by atoms with van der Waals surface area (Å²) in [5, 5.41) is 0. The second-order valence-corrected chi connectivity index (χ2v) is 4.70. The van der Waals surface area contributed by atoms with Gasteiger partial charge in [-0.25, -0.2) is 0 Å². The zero-order valence-electron chi connectivity index (χ0n) is 6.36. The molecule has 0 radical (unpaired) electrons. The Morgan fingerprint density at radius 1 is 1.08 bits per heavy atom. The van der Waals surface area contributed by atoms with Crippen molar-refractivity contribution in [2.24, 2.45) is 0 Å². The molecule has 1 aliphatic rings. The molecule has 12 heavy (non-hydrogen) atoms. The van der Waals surface area contributed by atoms with E-state index in [0.29, 0.717) is 0 Å². The quantitative estimate of drug-likeness (QED) is 0.640. The van der Waals surface area contributed by atoms with Crippen molar-refractivity contribution in [2.75, 3.05) is 0 Å². The molecule has 63 valence electrons. The van der Waals surface area contributed by atoms with Gasteiger partial charge in [0.25, 0.3) is 0 Å². The van der Waals surface area contributed by atoms with Crippen LogP contribution in [0.1, 0.15) is 14.8 Å². The van der Waals surface area contributed by atoms with Crippen molar-refractivity contribution >= 4 is 6.08 Å². The first-order valence-corrected chi connectivity index (χ1v) is 5.43. The predicted molar refractivity (Wildman–Crippen MR) is 43.2 cm³/mol. The summed E-state index contributed by atoms with van der Waals surface area (Å²) in [4.78, 5) is 0. The number of allylic oxidation sites excluding steroid dienone is 1. The molecule has 0 saturated carbocycles. The summed E-state index contributed by atoms with van der Waals surface area (Å²) in [5.74, 6) is 0. The third kappa shape index (κ3) is 1.89. The Morgan fingerprint density at radius 3 is 2.42 bits per heavy atom. The van der Waals surface area contributed by atoms with Crippen LogP contribution in [0.4, 0.5) is 9.41 Å². The van der Waals surface area contributed by atoms with E-state index in [1.54, 1.807) is 0 Å². The number of benzene rings is 1. The van der Waals surface area contributed by atoms with Gasteiger partial charge in [-0.15, -0.1) is 0 Å². The predicted octanol–water partition coefficient (Wildman–Crippen LogP) is 2.61. The van der Waals surface area contributed by atoms with Crippen LogP contribution in [-0.4, -0.2) is 0 Å². The molecule has 0 spiro atoms. The molecule has 0 saturated heterocycles. The molecule has 1 aromatic carbocycles. The van der Waals surface area contributed by atoms with Crippen molar-refractivity contribution < 1.29 is 33.8 Å². The summed E-state index contributed by atoms with van der Waals surface area (Å²) < 4.78 is 0.760. The van der Waals surface area contributed by atoms with Gasteiger partial charge in [-0.1, -0.05) is 0 Å². The van der Waals surface area contributed by atoms with Crippen molar-refractivity contribution in [3.8, 4) is 0 Å². The van der Waals surface area contributed by atoms with Crippen LogP contribution in [0.5, 0.6) is 0 Å².